The molecule has 29 heavy (non-hydrogen) atoms. The summed E-state index contributed by atoms with van der Waals surface area (Å²) in [5.41, 5.74) is 0. The van der Waals surface area contributed by atoms with Gasteiger partial charge in [0.25, 0.3) is 0 Å². The first-order valence-corrected chi connectivity index (χ1v) is 11.5. The molecule has 3 rings (SSSR count). The number of thiophene rings is 1. The van der Waals surface area contributed by atoms with Crippen LogP contribution >= 0.6 is 23.1 Å². The van der Waals surface area contributed by atoms with Crippen molar-refractivity contribution in [3.05, 3.63) is 64.4 Å². The number of hydrogen-bond acceptors (Lipinski definition) is 5. The zero-order valence-corrected chi connectivity index (χ0v) is 18.8. The Labute approximate surface area is 180 Å². The topological polar surface area (TPSA) is 67.1 Å². The van der Waals surface area contributed by atoms with Crippen LogP contribution in [0.1, 0.15) is 23.4 Å². The predicted molar refractivity (Wildman–Crippen MR) is 123 cm³/mol. The number of guanidine groups is 1. The van der Waals surface area contributed by atoms with Gasteiger partial charge in [0.2, 0.25) is 0 Å². The number of aryl methyl sites for hydroxylation is 1. The van der Waals surface area contributed by atoms with Crippen LogP contribution in [0.3, 0.4) is 0 Å². The van der Waals surface area contributed by atoms with Gasteiger partial charge in [0.15, 0.2) is 11.8 Å². The summed E-state index contributed by atoms with van der Waals surface area (Å²) < 4.78 is 1.97. The van der Waals surface area contributed by atoms with Crippen LogP contribution in [-0.4, -0.2) is 39.1 Å². The molecule has 0 saturated heterocycles. The maximum absolute atomic E-state index is 4.73. The molecule has 6 nitrogen and oxygen atoms in total. The third kappa shape index (κ3) is 6.90. The maximum atomic E-state index is 4.73. The van der Waals surface area contributed by atoms with Crippen molar-refractivity contribution in [1.82, 2.24) is 25.4 Å². The Bertz CT molecular complexity index is 889. The normalized spacial score (nSPS) is 12.7. The average Bonchev–Trinajstić information content (AvgIpc) is 3.35. The number of benzene rings is 1. The number of aromatic nitrogens is 3. The van der Waals surface area contributed by atoms with Gasteiger partial charge in [-0.15, -0.1) is 33.3 Å². The van der Waals surface area contributed by atoms with Gasteiger partial charge in [0.05, 0.1) is 0 Å². The van der Waals surface area contributed by atoms with Gasteiger partial charge in [-0.3, -0.25) is 0 Å². The molecule has 2 heterocycles. The van der Waals surface area contributed by atoms with Crippen LogP contribution in [0.25, 0.3) is 0 Å². The lowest BCUT2D eigenvalue weighted by atomic mass is 10.3. The van der Waals surface area contributed by atoms with E-state index in [4.69, 9.17) is 4.99 Å². The molecule has 0 amide bonds. The minimum absolute atomic E-state index is 0.416. The molecule has 0 fully saturated rings. The summed E-state index contributed by atoms with van der Waals surface area (Å²) in [6, 6.07) is 14.7. The average molecular weight is 429 g/mol. The number of nitrogens with zero attached hydrogens (tertiary/aromatic N) is 4. The minimum atomic E-state index is 0.416. The third-order valence-electron chi connectivity index (χ3n) is 4.44. The summed E-state index contributed by atoms with van der Waals surface area (Å²) in [7, 11) is 1.97. The van der Waals surface area contributed by atoms with E-state index >= 15 is 0 Å². The summed E-state index contributed by atoms with van der Waals surface area (Å²) in [5, 5.41) is 17.8. The van der Waals surface area contributed by atoms with Gasteiger partial charge in [0, 0.05) is 35.2 Å². The molecule has 0 radical (unpaired) electrons. The van der Waals surface area contributed by atoms with Crippen LogP contribution in [-0.2, 0) is 20.0 Å². The SMILES string of the molecule is Cc1nnc(CN=C(NCCc2cccs2)NCC(C)Sc2ccccc2)n1C. The summed E-state index contributed by atoms with van der Waals surface area (Å²) in [4.78, 5) is 7.38. The van der Waals surface area contributed by atoms with Gasteiger partial charge in [0.1, 0.15) is 12.4 Å². The number of nitrogens with one attached hydrogen (secondary N) is 2. The van der Waals surface area contributed by atoms with E-state index in [0.717, 1.165) is 37.1 Å². The Morgan fingerprint density at radius 1 is 1.17 bits per heavy atom. The van der Waals surface area contributed by atoms with Crippen molar-refractivity contribution in [1.29, 1.82) is 0 Å². The molecule has 0 bridgehead atoms. The molecule has 1 aromatic carbocycles. The lowest BCUT2D eigenvalue weighted by Gasteiger charge is -2.16. The number of aliphatic imine (C=N–C) groups is 1. The highest BCUT2D eigenvalue weighted by atomic mass is 32.2. The second-order valence-corrected chi connectivity index (χ2v) is 9.31. The molecule has 154 valence electrons. The molecule has 1 unspecified atom stereocenters. The molecular weight excluding hydrogens is 400 g/mol. The van der Waals surface area contributed by atoms with Crippen LogP contribution in [0, 0.1) is 6.92 Å². The highest BCUT2D eigenvalue weighted by Gasteiger charge is 2.08. The van der Waals surface area contributed by atoms with Crippen LogP contribution in [0.5, 0.6) is 0 Å². The Morgan fingerprint density at radius 2 is 2.00 bits per heavy atom. The lowest BCUT2D eigenvalue weighted by molar-refractivity contribution is 0.745. The van der Waals surface area contributed by atoms with Crippen molar-refractivity contribution >= 4 is 29.1 Å². The standard InChI is InChI=1S/C21H28N6S2/c1-16(29-19-8-5-4-6-9-19)14-23-21(22-12-11-18-10-7-13-28-18)24-15-20-26-25-17(2)27(20)3/h4-10,13,16H,11-12,14-15H2,1-3H3,(H2,22,23,24). The maximum Gasteiger partial charge on any atom is 0.191 e. The molecule has 2 aromatic heterocycles. The van der Waals surface area contributed by atoms with E-state index in [1.165, 1.54) is 9.77 Å². The van der Waals surface area contributed by atoms with Crippen molar-refractivity contribution in [2.75, 3.05) is 13.1 Å². The monoisotopic (exact) mass is 428 g/mol. The van der Waals surface area contributed by atoms with E-state index in [9.17, 15) is 0 Å². The van der Waals surface area contributed by atoms with Gasteiger partial charge in [-0.1, -0.05) is 31.2 Å². The van der Waals surface area contributed by atoms with Crippen LogP contribution in [0.4, 0.5) is 0 Å². The second-order valence-electron chi connectivity index (χ2n) is 6.77. The van der Waals surface area contributed by atoms with Gasteiger partial charge in [-0.2, -0.15) is 0 Å². The zero-order valence-electron chi connectivity index (χ0n) is 17.1. The van der Waals surface area contributed by atoms with E-state index in [0.29, 0.717) is 11.8 Å². The molecule has 0 saturated carbocycles. The quantitative estimate of drug-likeness (QED) is 0.309. The molecule has 0 aliphatic rings. The number of rotatable bonds is 9. The Kier molecular flexibility index (Phi) is 8.13. The molecule has 0 spiro atoms. The molecule has 1 atom stereocenters. The first-order chi connectivity index (χ1) is 14.1. The van der Waals surface area contributed by atoms with Gasteiger partial charge >= 0.3 is 0 Å². The fraction of sp³-hybridized carbons (Fsp3) is 0.381. The van der Waals surface area contributed by atoms with E-state index in [1.807, 2.05) is 36.4 Å². The second kappa shape index (κ2) is 11.0. The first kappa shape index (κ1) is 21.4. The largest absolute Gasteiger partial charge is 0.356 e. The molecule has 2 N–H and O–H groups in total. The van der Waals surface area contributed by atoms with Crippen molar-refractivity contribution in [3.63, 3.8) is 0 Å². The molecule has 3 aromatic rings. The van der Waals surface area contributed by atoms with Crippen molar-refractivity contribution in [3.8, 4) is 0 Å². The summed E-state index contributed by atoms with van der Waals surface area (Å²) in [5.74, 6) is 2.56. The van der Waals surface area contributed by atoms with Crippen LogP contribution in [0.2, 0.25) is 0 Å². The fourth-order valence-corrected chi connectivity index (χ4v) is 4.34. The zero-order chi connectivity index (χ0) is 20.5. The third-order valence-corrected chi connectivity index (χ3v) is 6.49. The van der Waals surface area contributed by atoms with E-state index in [1.54, 1.807) is 11.3 Å². The number of thioether (sulfide) groups is 1. The summed E-state index contributed by atoms with van der Waals surface area (Å²) in [6.07, 6.45) is 0.982. The lowest BCUT2D eigenvalue weighted by Crippen LogP contribution is -2.41. The summed E-state index contributed by atoms with van der Waals surface area (Å²) in [6.45, 7) is 6.32. The molecular formula is C21H28N6S2. The van der Waals surface area contributed by atoms with Crippen LogP contribution < -0.4 is 10.6 Å². The van der Waals surface area contributed by atoms with E-state index in [2.05, 4.69) is 69.5 Å². The minimum Gasteiger partial charge on any atom is -0.356 e. The Balaban J connectivity index is 1.56. The van der Waals surface area contributed by atoms with E-state index in [-0.39, 0.29) is 0 Å². The molecule has 0 aliphatic carbocycles. The molecule has 8 heteroatoms. The Morgan fingerprint density at radius 3 is 2.69 bits per heavy atom. The first-order valence-electron chi connectivity index (χ1n) is 9.73. The van der Waals surface area contributed by atoms with Crippen molar-refractivity contribution in [2.45, 2.75) is 37.0 Å². The predicted octanol–water partition coefficient (Wildman–Crippen LogP) is 3.64. The fourth-order valence-electron chi connectivity index (χ4n) is 2.69. The van der Waals surface area contributed by atoms with E-state index < -0.39 is 0 Å². The van der Waals surface area contributed by atoms with Gasteiger partial charge in [-0.25, -0.2) is 4.99 Å². The van der Waals surface area contributed by atoms with Crippen LogP contribution in [0.15, 0.2) is 57.7 Å². The smallest absolute Gasteiger partial charge is 0.191 e. The van der Waals surface area contributed by atoms with Gasteiger partial charge in [-0.05, 0) is 36.9 Å². The molecule has 0 aliphatic heterocycles. The highest BCUT2D eigenvalue weighted by molar-refractivity contribution is 8.00. The van der Waals surface area contributed by atoms with Crippen molar-refractivity contribution < 1.29 is 0 Å². The summed E-state index contributed by atoms with van der Waals surface area (Å²) >= 11 is 3.64. The Hall–Kier alpha value is -2.32. The van der Waals surface area contributed by atoms with Crippen molar-refractivity contribution in [2.24, 2.45) is 12.0 Å². The number of hydrogen-bond donors (Lipinski definition) is 2. The van der Waals surface area contributed by atoms with Gasteiger partial charge < -0.3 is 15.2 Å². The highest BCUT2D eigenvalue weighted by Crippen LogP contribution is 2.21.